The minimum Gasteiger partial charge on any atom is -0.466 e. The SMILES string of the molecule is CCCOC(=O)CCNC(=O)Cc1ccc(-n2cnnn2)cc1. The molecule has 0 atom stereocenters. The number of nitrogens with one attached hydrogen (secondary N) is 1. The van der Waals surface area contributed by atoms with Gasteiger partial charge < -0.3 is 10.1 Å². The van der Waals surface area contributed by atoms with E-state index in [0.29, 0.717) is 6.61 Å². The first-order chi connectivity index (χ1) is 11.2. The number of benzene rings is 1. The highest BCUT2D eigenvalue weighted by molar-refractivity contribution is 5.79. The molecule has 0 unspecified atom stereocenters. The van der Waals surface area contributed by atoms with Crippen LogP contribution in [0.4, 0.5) is 0 Å². The summed E-state index contributed by atoms with van der Waals surface area (Å²) in [5, 5.41) is 13.6. The predicted octanol–water partition coefficient (Wildman–Crippen LogP) is 0.664. The smallest absolute Gasteiger partial charge is 0.307 e. The van der Waals surface area contributed by atoms with Crippen LogP contribution in [0.2, 0.25) is 0 Å². The molecule has 0 radical (unpaired) electrons. The highest BCUT2D eigenvalue weighted by Gasteiger charge is 2.06. The van der Waals surface area contributed by atoms with E-state index in [9.17, 15) is 9.59 Å². The Bertz CT molecular complexity index is 625. The first-order valence-electron chi connectivity index (χ1n) is 7.43. The summed E-state index contributed by atoms with van der Waals surface area (Å²) in [6.45, 7) is 2.63. The van der Waals surface area contributed by atoms with Crippen LogP contribution in [0.5, 0.6) is 0 Å². The Morgan fingerprint density at radius 2 is 2.04 bits per heavy atom. The van der Waals surface area contributed by atoms with E-state index >= 15 is 0 Å². The van der Waals surface area contributed by atoms with E-state index in [-0.39, 0.29) is 31.3 Å². The minimum absolute atomic E-state index is 0.136. The molecule has 8 heteroatoms. The van der Waals surface area contributed by atoms with Crippen LogP contribution in [-0.4, -0.2) is 45.2 Å². The molecule has 0 saturated carbocycles. The van der Waals surface area contributed by atoms with Gasteiger partial charge in [-0.15, -0.1) is 5.10 Å². The molecule has 122 valence electrons. The van der Waals surface area contributed by atoms with E-state index in [1.165, 1.54) is 11.0 Å². The molecular weight excluding hydrogens is 298 g/mol. The van der Waals surface area contributed by atoms with Gasteiger partial charge in [0.1, 0.15) is 6.33 Å². The number of tetrazole rings is 1. The Balaban J connectivity index is 1.74. The van der Waals surface area contributed by atoms with Gasteiger partial charge in [0.2, 0.25) is 5.91 Å². The van der Waals surface area contributed by atoms with Gasteiger partial charge in [0, 0.05) is 6.54 Å². The summed E-state index contributed by atoms with van der Waals surface area (Å²) in [5.74, 6) is -0.429. The number of hydrogen-bond donors (Lipinski definition) is 1. The predicted molar refractivity (Wildman–Crippen MR) is 81.7 cm³/mol. The fourth-order valence-electron chi connectivity index (χ4n) is 1.89. The van der Waals surface area contributed by atoms with E-state index in [4.69, 9.17) is 4.74 Å². The van der Waals surface area contributed by atoms with E-state index in [1.54, 1.807) is 0 Å². The van der Waals surface area contributed by atoms with Crippen molar-refractivity contribution in [3.63, 3.8) is 0 Å². The summed E-state index contributed by atoms with van der Waals surface area (Å²) < 4.78 is 6.46. The van der Waals surface area contributed by atoms with Gasteiger partial charge in [-0.05, 0) is 34.5 Å². The van der Waals surface area contributed by atoms with Crippen LogP contribution < -0.4 is 5.32 Å². The molecular formula is C15H19N5O3. The number of carbonyl (C=O) groups excluding carboxylic acids is 2. The first kappa shape index (κ1) is 16.6. The number of rotatable bonds is 8. The molecule has 8 nitrogen and oxygen atoms in total. The molecule has 1 heterocycles. The number of amides is 1. The fourth-order valence-corrected chi connectivity index (χ4v) is 1.89. The summed E-state index contributed by atoms with van der Waals surface area (Å²) in [6, 6.07) is 7.35. The van der Waals surface area contributed by atoms with Crippen molar-refractivity contribution in [2.24, 2.45) is 0 Å². The Morgan fingerprint density at radius 3 is 2.70 bits per heavy atom. The normalized spacial score (nSPS) is 10.3. The van der Waals surface area contributed by atoms with Gasteiger partial charge in [-0.2, -0.15) is 0 Å². The van der Waals surface area contributed by atoms with Gasteiger partial charge in [-0.3, -0.25) is 9.59 Å². The van der Waals surface area contributed by atoms with Crippen molar-refractivity contribution in [3.8, 4) is 5.69 Å². The highest BCUT2D eigenvalue weighted by Crippen LogP contribution is 2.08. The van der Waals surface area contributed by atoms with Gasteiger partial charge in [0.05, 0.1) is 25.1 Å². The second kappa shape index (κ2) is 8.62. The van der Waals surface area contributed by atoms with Crippen molar-refractivity contribution in [1.82, 2.24) is 25.5 Å². The quantitative estimate of drug-likeness (QED) is 0.718. The van der Waals surface area contributed by atoms with Gasteiger partial charge in [0.15, 0.2) is 0 Å². The molecule has 23 heavy (non-hydrogen) atoms. The van der Waals surface area contributed by atoms with Gasteiger partial charge >= 0.3 is 5.97 Å². The third-order valence-corrected chi connectivity index (χ3v) is 3.03. The highest BCUT2D eigenvalue weighted by atomic mass is 16.5. The molecule has 0 bridgehead atoms. The van der Waals surface area contributed by atoms with Crippen molar-refractivity contribution in [2.45, 2.75) is 26.2 Å². The maximum absolute atomic E-state index is 11.8. The summed E-state index contributed by atoms with van der Waals surface area (Å²) in [5.41, 5.74) is 1.69. The average Bonchev–Trinajstić information content (AvgIpc) is 3.08. The fraction of sp³-hybridized carbons (Fsp3) is 0.400. The molecule has 1 aromatic carbocycles. The molecule has 2 aromatic rings. The molecule has 1 amide bonds. The summed E-state index contributed by atoms with van der Waals surface area (Å²) in [4.78, 5) is 23.1. The Kier molecular flexibility index (Phi) is 6.22. The van der Waals surface area contributed by atoms with Crippen LogP contribution in [-0.2, 0) is 20.7 Å². The molecule has 0 aliphatic rings. The molecule has 0 aliphatic heterocycles. The molecule has 0 fully saturated rings. The second-order valence-corrected chi connectivity index (χ2v) is 4.92. The van der Waals surface area contributed by atoms with Crippen LogP contribution >= 0.6 is 0 Å². The molecule has 0 spiro atoms. The zero-order valence-corrected chi connectivity index (χ0v) is 12.9. The number of hydrogen-bond acceptors (Lipinski definition) is 6. The molecule has 2 rings (SSSR count). The van der Waals surface area contributed by atoms with Crippen LogP contribution in [0.1, 0.15) is 25.3 Å². The van der Waals surface area contributed by atoms with Crippen molar-refractivity contribution in [1.29, 1.82) is 0 Å². The minimum atomic E-state index is -0.294. The lowest BCUT2D eigenvalue weighted by atomic mass is 10.1. The van der Waals surface area contributed by atoms with Crippen LogP contribution in [0.3, 0.4) is 0 Å². The van der Waals surface area contributed by atoms with E-state index in [1.807, 2.05) is 31.2 Å². The molecule has 0 saturated heterocycles. The third-order valence-electron chi connectivity index (χ3n) is 3.03. The third kappa shape index (κ3) is 5.50. The number of esters is 1. The maximum atomic E-state index is 11.8. The van der Waals surface area contributed by atoms with Crippen molar-refractivity contribution in [2.75, 3.05) is 13.2 Å². The Hall–Kier alpha value is -2.77. The van der Waals surface area contributed by atoms with Crippen molar-refractivity contribution < 1.29 is 14.3 Å². The lowest BCUT2D eigenvalue weighted by Gasteiger charge is -2.06. The molecule has 0 aliphatic carbocycles. The average molecular weight is 317 g/mol. The van der Waals surface area contributed by atoms with E-state index in [2.05, 4.69) is 20.8 Å². The summed E-state index contributed by atoms with van der Waals surface area (Å²) in [6.07, 6.45) is 2.72. The number of nitrogens with zero attached hydrogens (tertiary/aromatic N) is 4. The zero-order chi connectivity index (χ0) is 16.5. The topological polar surface area (TPSA) is 99.0 Å². The van der Waals surface area contributed by atoms with Crippen molar-refractivity contribution >= 4 is 11.9 Å². The summed E-state index contributed by atoms with van der Waals surface area (Å²) >= 11 is 0. The largest absolute Gasteiger partial charge is 0.466 e. The van der Waals surface area contributed by atoms with Crippen molar-refractivity contribution in [3.05, 3.63) is 36.2 Å². The van der Waals surface area contributed by atoms with E-state index in [0.717, 1.165) is 17.7 Å². The van der Waals surface area contributed by atoms with Crippen LogP contribution in [0.15, 0.2) is 30.6 Å². The number of carbonyl (C=O) groups is 2. The number of ether oxygens (including phenoxy) is 1. The lowest BCUT2D eigenvalue weighted by molar-refractivity contribution is -0.143. The summed E-state index contributed by atoms with van der Waals surface area (Å²) in [7, 11) is 0. The first-order valence-corrected chi connectivity index (χ1v) is 7.43. The maximum Gasteiger partial charge on any atom is 0.307 e. The zero-order valence-electron chi connectivity index (χ0n) is 12.9. The van der Waals surface area contributed by atoms with Gasteiger partial charge in [0.25, 0.3) is 0 Å². The van der Waals surface area contributed by atoms with Crippen LogP contribution in [0, 0.1) is 0 Å². The molecule has 1 aromatic heterocycles. The Labute approximate surface area is 133 Å². The molecule has 1 N–H and O–H groups in total. The van der Waals surface area contributed by atoms with Crippen LogP contribution in [0.25, 0.3) is 5.69 Å². The van der Waals surface area contributed by atoms with Gasteiger partial charge in [-0.25, -0.2) is 4.68 Å². The lowest BCUT2D eigenvalue weighted by Crippen LogP contribution is -2.28. The Morgan fingerprint density at radius 1 is 1.26 bits per heavy atom. The number of aromatic nitrogens is 4. The van der Waals surface area contributed by atoms with E-state index < -0.39 is 0 Å². The monoisotopic (exact) mass is 317 g/mol. The van der Waals surface area contributed by atoms with Gasteiger partial charge in [-0.1, -0.05) is 19.1 Å². The standard InChI is InChI=1S/C15H19N5O3/c1-2-9-23-15(22)7-8-16-14(21)10-12-3-5-13(6-4-12)20-11-17-18-19-20/h3-6,11H,2,7-10H2,1H3,(H,16,21). The second-order valence-electron chi connectivity index (χ2n) is 4.92.